The third-order valence-electron chi connectivity index (χ3n) is 2.37. The Balaban J connectivity index is 1.95. The number of nitrogens with one attached hydrogen (secondary N) is 1. The number of hydrogen-bond acceptors (Lipinski definition) is 5. The first kappa shape index (κ1) is 13.4. The van der Waals surface area contributed by atoms with Gasteiger partial charge in [-0.05, 0) is 19.1 Å². The lowest BCUT2D eigenvalue weighted by atomic mass is 10.2. The summed E-state index contributed by atoms with van der Waals surface area (Å²) in [6, 6.07) is 5.24. The summed E-state index contributed by atoms with van der Waals surface area (Å²) in [6.07, 6.45) is -1.03. The predicted octanol–water partition coefficient (Wildman–Crippen LogP) is 1.84. The van der Waals surface area contributed by atoms with Gasteiger partial charge in [-0.3, -0.25) is 4.79 Å². The maximum atomic E-state index is 11.6. The molecule has 0 unspecified atom stereocenters. The fraction of sp³-hybridized carbons (Fsp3) is 0.273. The summed E-state index contributed by atoms with van der Waals surface area (Å²) < 4.78 is 13.0. The lowest BCUT2D eigenvalue weighted by molar-refractivity contribution is -0.150. The smallest absolute Gasteiger partial charge is 0.332 e. The molecule has 0 fully saturated rings. The minimum Gasteiger partial charge on any atom is -0.479 e. The number of ether oxygens (including phenoxy) is 1. The largest absolute Gasteiger partial charge is 0.479 e. The van der Waals surface area contributed by atoms with Crippen LogP contribution in [-0.4, -0.2) is 29.7 Å². The molecule has 1 atom stereocenters. The number of carbonyl (C=O) groups excluding carboxylic acids is 1. The van der Waals surface area contributed by atoms with Crippen LogP contribution in [0.15, 0.2) is 26.9 Å². The summed E-state index contributed by atoms with van der Waals surface area (Å²) in [6.45, 7) is 1.03. The van der Waals surface area contributed by atoms with Crippen molar-refractivity contribution in [1.29, 1.82) is 0 Å². The zero-order valence-electron chi connectivity index (χ0n) is 9.99. The summed E-state index contributed by atoms with van der Waals surface area (Å²) in [5, 5.41) is 11.2. The third-order valence-corrected chi connectivity index (χ3v) is 2.91. The van der Waals surface area contributed by atoms with Gasteiger partial charge in [0.1, 0.15) is 18.0 Å². The van der Waals surface area contributed by atoms with Crippen molar-refractivity contribution in [1.82, 2.24) is 0 Å². The van der Waals surface area contributed by atoms with E-state index in [0.29, 0.717) is 17.1 Å². The van der Waals surface area contributed by atoms with E-state index in [4.69, 9.17) is 9.84 Å². The highest BCUT2D eigenvalue weighted by Gasteiger charge is 2.15. The number of hydrogen-bond donors (Lipinski definition) is 2. The number of carboxylic acids is 1. The van der Waals surface area contributed by atoms with Crippen LogP contribution in [0.5, 0.6) is 0 Å². The number of carbonyl (C=O) groups is 2. The molecule has 0 saturated carbocycles. The Bertz CT molecular complexity index is 596. The van der Waals surface area contributed by atoms with E-state index in [1.165, 1.54) is 6.92 Å². The summed E-state index contributed by atoms with van der Waals surface area (Å²) in [5.41, 5.74) is 1.83. The Morgan fingerprint density at radius 2 is 2.26 bits per heavy atom. The van der Waals surface area contributed by atoms with E-state index in [2.05, 4.69) is 14.0 Å². The molecule has 1 aromatic rings. The minimum absolute atomic E-state index is 0.332. The molecule has 7 nitrogen and oxygen atoms in total. The molecule has 2 N–H and O–H groups in total. The molecule has 1 heterocycles. The summed E-state index contributed by atoms with van der Waals surface area (Å²) >= 11 is 1.06. The van der Waals surface area contributed by atoms with Gasteiger partial charge in [-0.15, -0.1) is 0 Å². The minimum atomic E-state index is -1.11. The van der Waals surface area contributed by atoms with Crippen LogP contribution in [0.2, 0.25) is 0 Å². The summed E-state index contributed by atoms with van der Waals surface area (Å²) in [7, 11) is 0. The Morgan fingerprint density at radius 3 is 3.00 bits per heavy atom. The van der Waals surface area contributed by atoms with Crippen molar-refractivity contribution >= 4 is 40.3 Å². The molecular weight excluding hydrogens is 270 g/mol. The molecule has 2 rings (SSSR count). The number of benzene rings is 1. The number of nitrogens with zero attached hydrogens (tertiary/aromatic N) is 2. The van der Waals surface area contributed by atoms with E-state index in [1.807, 2.05) is 0 Å². The van der Waals surface area contributed by atoms with Crippen LogP contribution >= 0.6 is 0 Å². The van der Waals surface area contributed by atoms with Gasteiger partial charge in [0.2, 0.25) is 5.91 Å². The number of anilines is 1. The van der Waals surface area contributed by atoms with Gasteiger partial charge in [0.15, 0.2) is 6.10 Å². The van der Waals surface area contributed by atoms with Crippen molar-refractivity contribution in [2.45, 2.75) is 13.0 Å². The second kappa shape index (κ2) is 5.72. The zero-order valence-corrected chi connectivity index (χ0v) is 10.8. The highest BCUT2D eigenvalue weighted by molar-refractivity contribution is 7.58. The van der Waals surface area contributed by atoms with Crippen LogP contribution in [0.4, 0.5) is 17.1 Å². The molecule has 1 aliphatic rings. The molecule has 0 saturated heterocycles. The van der Waals surface area contributed by atoms with Crippen molar-refractivity contribution < 1.29 is 19.4 Å². The van der Waals surface area contributed by atoms with Gasteiger partial charge in [-0.25, -0.2) is 4.79 Å². The van der Waals surface area contributed by atoms with Gasteiger partial charge < -0.3 is 15.2 Å². The number of carboxylic acid groups (broad SMARTS) is 1. The maximum Gasteiger partial charge on any atom is 0.332 e. The molecule has 0 aromatic heterocycles. The summed E-state index contributed by atoms with van der Waals surface area (Å²) in [5.74, 6) is -1.55. The zero-order chi connectivity index (χ0) is 13.8. The lowest BCUT2D eigenvalue weighted by Crippen LogP contribution is -2.26. The molecule has 0 spiro atoms. The van der Waals surface area contributed by atoms with Crippen molar-refractivity contribution in [2.24, 2.45) is 8.73 Å². The highest BCUT2D eigenvalue weighted by Crippen LogP contribution is 2.38. The molecule has 100 valence electrons. The van der Waals surface area contributed by atoms with Crippen LogP contribution in [-0.2, 0) is 25.7 Å². The van der Waals surface area contributed by atoms with Gasteiger partial charge >= 0.3 is 5.97 Å². The van der Waals surface area contributed by atoms with Crippen molar-refractivity contribution in [2.75, 3.05) is 11.9 Å². The van der Waals surface area contributed by atoms with Crippen LogP contribution in [0, 0.1) is 0 Å². The van der Waals surface area contributed by atoms with Gasteiger partial charge in [-0.2, -0.15) is 8.73 Å². The van der Waals surface area contributed by atoms with Crippen LogP contribution < -0.4 is 5.32 Å². The quantitative estimate of drug-likeness (QED) is 0.873. The standard InChI is InChI=1S/C11H11N3O4S/c1-6(11(16)17)18-5-9(15)12-7-3-2-4-8-10(7)14-19-13-8/h2-4,6H,5H2,1H3,(H,12,15)(H,16,17)/t6-/m0/s1. The highest BCUT2D eigenvalue weighted by atomic mass is 32.1. The average Bonchev–Trinajstić information content (AvgIpc) is 2.85. The van der Waals surface area contributed by atoms with E-state index >= 15 is 0 Å². The Kier molecular flexibility index (Phi) is 4.03. The monoisotopic (exact) mass is 281 g/mol. The number of amides is 1. The average molecular weight is 281 g/mol. The molecule has 1 aliphatic heterocycles. The normalized spacial score (nSPS) is 13.5. The molecule has 1 aromatic carbocycles. The van der Waals surface area contributed by atoms with E-state index in [9.17, 15) is 9.59 Å². The van der Waals surface area contributed by atoms with Crippen molar-refractivity contribution in [3.05, 3.63) is 18.2 Å². The van der Waals surface area contributed by atoms with Crippen LogP contribution in [0.25, 0.3) is 0 Å². The van der Waals surface area contributed by atoms with Crippen molar-refractivity contribution in [3.8, 4) is 0 Å². The van der Waals surface area contributed by atoms with Gasteiger partial charge in [0.05, 0.1) is 17.0 Å². The van der Waals surface area contributed by atoms with E-state index in [1.54, 1.807) is 18.2 Å². The molecule has 0 bridgehead atoms. The molecule has 1 amide bonds. The Morgan fingerprint density at radius 1 is 1.47 bits per heavy atom. The SMILES string of the molecule is C[C@H](OCC(=O)Nc1cccc2c1N=S=N2)C(=O)O. The van der Waals surface area contributed by atoms with Crippen molar-refractivity contribution in [3.63, 3.8) is 0 Å². The first-order valence-electron chi connectivity index (χ1n) is 5.43. The second-order valence-corrected chi connectivity index (χ2v) is 4.31. The molecular formula is C11H11N3O4S. The molecule has 19 heavy (non-hydrogen) atoms. The van der Waals surface area contributed by atoms with E-state index in [0.717, 1.165) is 11.4 Å². The lowest BCUT2D eigenvalue weighted by Gasteiger charge is -2.10. The number of aliphatic carboxylic acids is 1. The Hall–Kier alpha value is -2.06. The first-order chi connectivity index (χ1) is 9.08. The number of fused-ring (bicyclic) bond motifs is 1. The summed E-state index contributed by atoms with van der Waals surface area (Å²) in [4.78, 5) is 22.2. The molecule has 0 radical (unpaired) electrons. The Labute approximate surface area is 112 Å². The molecule has 8 heteroatoms. The van der Waals surface area contributed by atoms with Gasteiger partial charge in [-0.1, -0.05) is 6.07 Å². The fourth-order valence-electron chi connectivity index (χ4n) is 1.37. The number of rotatable bonds is 5. The van der Waals surface area contributed by atoms with E-state index < -0.39 is 18.0 Å². The van der Waals surface area contributed by atoms with Gasteiger partial charge in [0.25, 0.3) is 0 Å². The van der Waals surface area contributed by atoms with Crippen LogP contribution in [0.1, 0.15) is 6.92 Å². The first-order valence-corrected chi connectivity index (χ1v) is 6.16. The van der Waals surface area contributed by atoms with Gasteiger partial charge in [0, 0.05) is 0 Å². The second-order valence-electron chi connectivity index (χ2n) is 3.78. The third kappa shape index (κ3) is 3.24. The fourth-order valence-corrected chi connectivity index (χ4v) is 1.91. The van der Waals surface area contributed by atoms with E-state index in [-0.39, 0.29) is 6.61 Å². The van der Waals surface area contributed by atoms with Crippen LogP contribution in [0.3, 0.4) is 0 Å². The topological polar surface area (TPSA) is 100 Å². The predicted molar refractivity (Wildman–Crippen MR) is 69.7 cm³/mol. The maximum absolute atomic E-state index is 11.6. The molecule has 0 aliphatic carbocycles.